The number of imide groups is 1. The SMILES string of the molecule is COc1ccc(N2C(=O)[C@@](OC(=O)CN3C(=O)c4ccccc4C3=O)(C(=O)NCc3ccccc3)[C@@H]2[C@H]2COC(C)(C)O2)cc1. The van der Waals surface area contributed by atoms with Gasteiger partial charge in [0.25, 0.3) is 29.2 Å². The third-order valence-electron chi connectivity index (χ3n) is 8.04. The van der Waals surface area contributed by atoms with Crippen LogP contribution in [0.4, 0.5) is 5.69 Å². The van der Waals surface area contributed by atoms with Crippen LogP contribution in [0.3, 0.4) is 0 Å². The molecule has 3 aromatic rings. The minimum absolute atomic E-state index is 0.0126. The third kappa shape index (κ3) is 5.21. The van der Waals surface area contributed by atoms with Gasteiger partial charge in [0.05, 0.1) is 24.8 Å². The van der Waals surface area contributed by atoms with Crippen LogP contribution in [0.5, 0.6) is 5.75 Å². The van der Waals surface area contributed by atoms with Crippen LogP contribution in [-0.4, -0.2) is 78.3 Å². The zero-order valence-corrected chi connectivity index (χ0v) is 24.9. The highest BCUT2D eigenvalue weighted by molar-refractivity contribution is 6.24. The summed E-state index contributed by atoms with van der Waals surface area (Å²) in [6.45, 7) is 2.60. The van der Waals surface area contributed by atoms with Gasteiger partial charge in [-0.05, 0) is 55.8 Å². The molecule has 0 radical (unpaired) electrons. The topological polar surface area (TPSA) is 141 Å². The van der Waals surface area contributed by atoms with Crippen molar-refractivity contribution in [3.63, 3.8) is 0 Å². The number of hydrogen-bond acceptors (Lipinski definition) is 9. The summed E-state index contributed by atoms with van der Waals surface area (Å²) in [6, 6.07) is 20.6. The Labute approximate surface area is 258 Å². The Morgan fingerprint density at radius 2 is 1.53 bits per heavy atom. The molecule has 0 bridgehead atoms. The Hall–Kier alpha value is -5.07. The lowest BCUT2D eigenvalue weighted by atomic mass is 9.77. The van der Waals surface area contributed by atoms with Crippen LogP contribution in [0.25, 0.3) is 0 Å². The summed E-state index contributed by atoms with van der Waals surface area (Å²) in [7, 11) is 1.51. The van der Waals surface area contributed by atoms with Crippen LogP contribution in [-0.2, 0) is 35.1 Å². The summed E-state index contributed by atoms with van der Waals surface area (Å²) < 4.78 is 23.0. The molecule has 2 fully saturated rings. The lowest BCUT2D eigenvalue weighted by Crippen LogP contribution is -2.84. The van der Waals surface area contributed by atoms with E-state index in [9.17, 15) is 24.0 Å². The fraction of sp³-hybridized carbons (Fsp3) is 0.303. The summed E-state index contributed by atoms with van der Waals surface area (Å²) >= 11 is 0. The monoisotopic (exact) mass is 613 g/mol. The molecule has 3 heterocycles. The quantitative estimate of drug-likeness (QED) is 0.167. The number of amides is 4. The van der Waals surface area contributed by atoms with E-state index < -0.39 is 59.7 Å². The zero-order valence-electron chi connectivity index (χ0n) is 24.9. The van der Waals surface area contributed by atoms with Crippen molar-refractivity contribution in [1.29, 1.82) is 0 Å². The second-order valence-electron chi connectivity index (χ2n) is 11.3. The van der Waals surface area contributed by atoms with Gasteiger partial charge >= 0.3 is 5.97 Å². The van der Waals surface area contributed by atoms with Crippen molar-refractivity contribution in [2.45, 2.75) is 43.9 Å². The first-order valence-electron chi connectivity index (χ1n) is 14.3. The molecule has 6 rings (SSSR count). The predicted molar refractivity (Wildman–Crippen MR) is 158 cm³/mol. The Bertz CT molecular complexity index is 1640. The fourth-order valence-electron chi connectivity index (χ4n) is 5.88. The maximum atomic E-state index is 14.2. The van der Waals surface area contributed by atoms with Gasteiger partial charge in [-0.15, -0.1) is 0 Å². The van der Waals surface area contributed by atoms with Gasteiger partial charge in [-0.1, -0.05) is 42.5 Å². The number of rotatable bonds is 9. The van der Waals surface area contributed by atoms with Crippen LogP contribution in [0.2, 0.25) is 0 Å². The van der Waals surface area contributed by atoms with Crippen LogP contribution >= 0.6 is 0 Å². The number of fused-ring (bicyclic) bond motifs is 1. The van der Waals surface area contributed by atoms with E-state index in [1.807, 2.05) is 6.07 Å². The van der Waals surface area contributed by atoms with E-state index in [2.05, 4.69) is 5.32 Å². The van der Waals surface area contributed by atoms with Crippen molar-refractivity contribution in [3.05, 3.63) is 95.6 Å². The van der Waals surface area contributed by atoms with Crippen LogP contribution in [0, 0.1) is 0 Å². The molecular weight excluding hydrogens is 582 g/mol. The molecule has 4 amide bonds. The third-order valence-corrected chi connectivity index (χ3v) is 8.04. The Balaban J connectivity index is 1.35. The molecular formula is C33H31N3O9. The number of nitrogens with zero attached hydrogens (tertiary/aromatic N) is 2. The average molecular weight is 614 g/mol. The summed E-state index contributed by atoms with van der Waals surface area (Å²) in [5, 5.41) is 2.74. The number of β-lactam (4-membered cyclic amide) rings is 1. The van der Waals surface area contributed by atoms with Crippen LogP contribution in [0.1, 0.15) is 40.1 Å². The van der Waals surface area contributed by atoms with Gasteiger partial charge in [-0.2, -0.15) is 0 Å². The molecule has 12 heteroatoms. The first-order valence-corrected chi connectivity index (χ1v) is 14.3. The average Bonchev–Trinajstić information content (AvgIpc) is 3.52. The summed E-state index contributed by atoms with van der Waals surface area (Å²) in [6.07, 6.45) is -0.894. The van der Waals surface area contributed by atoms with Crippen LogP contribution in [0.15, 0.2) is 78.9 Å². The Morgan fingerprint density at radius 3 is 2.11 bits per heavy atom. The molecule has 0 aliphatic carbocycles. The van der Waals surface area contributed by atoms with E-state index in [1.54, 1.807) is 74.5 Å². The van der Waals surface area contributed by atoms with Gasteiger partial charge in [0.1, 0.15) is 24.4 Å². The molecule has 12 nitrogen and oxygen atoms in total. The normalized spacial score (nSPS) is 23.4. The molecule has 232 valence electrons. The van der Waals surface area contributed by atoms with Gasteiger partial charge in [0.15, 0.2) is 5.79 Å². The van der Waals surface area contributed by atoms with E-state index >= 15 is 0 Å². The first-order chi connectivity index (χ1) is 21.6. The van der Waals surface area contributed by atoms with Gasteiger partial charge in [-0.3, -0.25) is 33.8 Å². The van der Waals surface area contributed by atoms with Crippen molar-refractivity contribution >= 4 is 35.3 Å². The first kappa shape index (κ1) is 30.0. The largest absolute Gasteiger partial charge is 0.497 e. The van der Waals surface area contributed by atoms with Crippen LogP contribution < -0.4 is 15.0 Å². The molecule has 3 aliphatic rings. The zero-order chi connectivity index (χ0) is 31.9. The van der Waals surface area contributed by atoms with E-state index in [0.717, 1.165) is 10.5 Å². The molecule has 3 aromatic carbocycles. The van der Waals surface area contributed by atoms with Crippen molar-refractivity contribution in [2.75, 3.05) is 25.2 Å². The minimum atomic E-state index is -2.40. The number of carbonyl (C=O) groups excluding carboxylic acids is 5. The summed E-state index contributed by atoms with van der Waals surface area (Å²) in [5.74, 6) is -4.69. The number of nitrogens with one attached hydrogen (secondary N) is 1. The second kappa shape index (κ2) is 11.5. The number of esters is 1. The van der Waals surface area contributed by atoms with E-state index in [-0.39, 0.29) is 24.3 Å². The number of ether oxygens (including phenoxy) is 4. The number of benzene rings is 3. The molecule has 0 spiro atoms. The molecule has 45 heavy (non-hydrogen) atoms. The van der Waals surface area contributed by atoms with Crippen molar-refractivity contribution in [3.8, 4) is 5.75 Å². The van der Waals surface area contributed by atoms with Gasteiger partial charge in [0.2, 0.25) is 0 Å². The smallest absolute Gasteiger partial charge is 0.327 e. The van der Waals surface area contributed by atoms with E-state index in [1.165, 1.54) is 24.1 Å². The lowest BCUT2D eigenvalue weighted by molar-refractivity contribution is -0.196. The van der Waals surface area contributed by atoms with Crippen molar-refractivity contribution < 1.29 is 42.9 Å². The Kier molecular flexibility index (Phi) is 7.63. The summed E-state index contributed by atoms with van der Waals surface area (Å²) in [5.41, 5.74) is -0.962. The lowest BCUT2D eigenvalue weighted by Gasteiger charge is -2.54. The van der Waals surface area contributed by atoms with Crippen molar-refractivity contribution in [2.24, 2.45) is 0 Å². The van der Waals surface area contributed by atoms with Gasteiger partial charge < -0.3 is 24.3 Å². The maximum absolute atomic E-state index is 14.2. The molecule has 0 aromatic heterocycles. The highest BCUT2D eigenvalue weighted by Crippen LogP contribution is 2.45. The molecule has 1 N–H and O–H groups in total. The molecule has 3 atom stereocenters. The highest BCUT2D eigenvalue weighted by atomic mass is 16.7. The molecule has 3 aliphatic heterocycles. The molecule has 2 saturated heterocycles. The van der Waals surface area contributed by atoms with Crippen molar-refractivity contribution in [1.82, 2.24) is 10.2 Å². The maximum Gasteiger partial charge on any atom is 0.327 e. The minimum Gasteiger partial charge on any atom is -0.497 e. The van der Waals surface area contributed by atoms with Gasteiger partial charge in [0, 0.05) is 12.2 Å². The Morgan fingerprint density at radius 1 is 0.911 bits per heavy atom. The number of hydrogen-bond donors (Lipinski definition) is 1. The van der Waals surface area contributed by atoms with Gasteiger partial charge in [-0.25, -0.2) is 0 Å². The highest BCUT2D eigenvalue weighted by Gasteiger charge is 2.73. The summed E-state index contributed by atoms with van der Waals surface area (Å²) in [4.78, 5) is 69.9. The predicted octanol–water partition coefficient (Wildman–Crippen LogP) is 2.46. The molecule has 0 saturated carbocycles. The number of methoxy groups -OCH3 is 1. The number of carbonyl (C=O) groups is 5. The second-order valence-corrected chi connectivity index (χ2v) is 11.3. The van der Waals surface area contributed by atoms with E-state index in [0.29, 0.717) is 11.4 Å². The van der Waals surface area contributed by atoms with E-state index in [4.69, 9.17) is 18.9 Å². The molecule has 0 unspecified atom stereocenters. The number of anilines is 1. The fourth-order valence-corrected chi connectivity index (χ4v) is 5.88. The standard InChI is InChI=1S/C33H31N3O9/c1-32(2)43-19-25(44-32)27-33(30(40)34-17-20-9-5-4-6-10-20,31(41)36(27)21-13-15-22(42-3)16-14-21)45-26(37)18-35-28(38)23-11-7-8-12-24(23)29(35)39/h4-16,25,27H,17-19H2,1-3H3,(H,34,40)/t25-,27+,33+/m1/s1.